The van der Waals surface area contributed by atoms with Gasteiger partial charge in [-0.15, -0.1) is 0 Å². The molecule has 0 atom stereocenters. The van der Waals surface area contributed by atoms with Crippen molar-refractivity contribution in [2.24, 2.45) is 0 Å². The summed E-state index contributed by atoms with van der Waals surface area (Å²) in [6, 6.07) is 0. The lowest BCUT2D eigenvalue weighted by Gasteiger charge is -2.05. The molecule has 0 spiro atoms. The molecule has 2 amide bonds. The average Bonchev–Trinajstić information content (AvgIpc) is 2.56. The molecule has 0 aromatic heterocycles. The highest BCUT2D eigenvalue weighted by atomic mass is 16.2. The molecular weight excluding hydrogens is 290 g/mol. The van der Waals surface area contributed by atoms with Crippen molar-refractivity contribution >= 4 is 11.8 Å². The second-order valence-corrected chi connectivity index (χ2v) is 6.16. The van der Waals surface area contributed by atoms with Crippen molar-refractivity contribution in [3.05, 3.63) is 0 Å². The van der Waals surface area contributed by atoms with Crippen molar-refractivity contribution in [3.63, 3.8) is 0 Å². The lowest BCUT2D eigenvalue weighted by atomic mass is 10.1. The van der Waals surface area contributed by atoms with Gasteiger partial charge in [0.1, 0.15) is 0 Å². The molecule has 23 heavy (non-hydrogen) atoms. The lowest BCUT2D eigenvalue weighted by molar-refractivity contribution is -0.121. The SMILES string of the molecule is CNCCCCCCCC(=O)NCCCCCCCC(=O)NC. The van der Waals surface area contributed by atoms with Gasteiger partial charge in [0.15, 0.2) is 0 Å². The Morgan fingerprint density at radius 2 is 1.09 bits per heavy atom. The fraction of sp³-hybridized carbons (Fsp3) is 0.889. The van der Waals surface area contributed by atoms with Crippen molar-refractivity contribution in [3.8, 4) is 0 Å². The Morgan fingerprint density at radius 3 is 1.65 bits per heavy atom. The first-order valence-corrected chi connectivity index (χ1v) is 9.32. The number of nitrogens with one attached hydrogen (secondary N) is 3. The van der Waals surface area contributed by atoms with Crippen molar-refractivity contribution in [1.29, 1.82) is 0 Å². The van der Waals surface area contributed by atoms with E-state index in [9.17, 15) is 9.59 Å². The van der Waals surface area contributed by atoms with Crippen LogP contribution in [0.1, 0.15) is 77.0 Å². The molecule has 3 N–H and O–H groups in total. The minimum absolute atomic E-state index is 0.124. The molecule has 0 rings (SSSR count). The van der Waals surface area contributed by atoms with Crippen LogP contribution in [0.3, 0.4) is 0 Å². The van der Waals surface area contributed by atoms with Crippen molar-refractivity contribution < 1.29 is 9.59 Å². The zero-order valence-corrected chi connectivity index (χ0v) is 15.2. The first-order valence-electron chi connectivity index (χ1n) is 9.32. The molecule has 0 bridgehead atoms. The third kappa shape index (κ3) is 17.1. The zero-order valence-electron chi connectivity index (χ0n) is 15.2. The number of rotatable bonds is 16. The van der Waals surface area contributed by atoms with Crippen LogP contribution >= 0.6 is 0 Å². The first kappa shape index (κ1) is 21.9. The maximum absolute atomic E-state index is 11.7. The molecule has 0 saturated heterocycles. The first-order chi connectivity index (χ1) is 11.2. The van der Waals surface area contributed by atoms with Gasteiger partial charge in [0.05, 0.1) is 0 Å². The van der Waals surface area contributed by atoms with Crippen LogP contribution < -0.4 is 16.0 Å². The molecule has 0 aromatic carbocycles. The van der Waals surface area contributed by atoms with Gasteiger partial charge >= 0.3 is 0 Å². The fourth-order valence-corrected chi connectivity index (χ4v) is 2.50. The number of unbranched alkanes of at least 4 members (excludes halogenated alkanes) is 8. The van der Waals surface area contributed by atoms with Crippen LogP contribution in [-0.2, 0) is 9.59 Å². The third-order valence-electron chi connectivity index (χ3n) is 4.01. The largest absolute Gasteiger partial charge is 0.359 e. The molecule has 0 unspecified atom stereocenters. The predicted molar refractivity (Wildman–Crippen MR) is 96.4 cm³/mol. The molecule has 0 radical (unpaired) electrons. The Bertz CT molecular complexity index is 296. The molecule has 0 aliphatic carbocycles. The third-order valence-corrected chi connectivity index (χ3v) is 4.01. The quantitative estimate of drug-likeness (QED) is 0.382. The Labute approximate surface area is 142 Å². The van der Waals surface area contributed by atoms with Gasteiger partial charge in [-0.3, -0.25) is 9.59 Å². The number of hydrogen-bond donors (Lipinski definition) is 3. The van der Waals surface area contributed by atoms with E-state index in [0.29, 0.717) is 12.8 Å². The van der Waals surface area contributed by atoms with E-state index >= 15 is 0 Å². The minimum atomic E-state index is 0.124. The summed E-state index contributed by atoms with van der Waals surface area (Å²) in [4.78, 5) is 22.7. The second kappa shape index (κ2) is 17.3. The van der Waals surface area contributed by atoms with E-state index in [0.717, 1.165) is 58.0 Å². The van der Waals surface area contributed by atoms with Crippen molar-refractivity contribution in [1.82, 2.24) is 16.0 Å². The fourth-order valence-electron chi connectivity index (χ4n) is 2.50. The Kier molecular flexibility index (Phi) is 16.4. The highest BCUT2D eigenvalue weighted by Gasteiger charge is 2.01. The van der Waals surface area contributed by atoms with E-state index < -0.39 is 0 Å². The van der Waals surface area contributed by atoms with E-state index in [2.05, 4.69) is 16.0 Å². The summed E-state index contributed by atoms with van der Waals surface area (Å²) in [5.41, 5.74) is 0. The van der Waals surface area contributed by atoms with Gasteiger partial charge in [0, 0.05) is 26.4 Å². The van der Waals surface area contributed by atoms with Gasteiger partial charge in [0.25, 0.3) is 0 Å². The molecule has 5 heteroatoms. The van der Waals surface area contributed by atoms with Crippen LogP contribution in [-0.4, -0.2) is 39.0 Å². The smallest absolute Gasteiger partial charge is 0.219 e. The molecule has 0 aromatic rings. The summed E-state index contributed by atoms with van der Waals surface area (Å²) >= 11 is 0. The Morgan fingerprint density at radius 1 is 0.609 bits per heavy atom. The van der Waals surface area contributed by atoms with Gasteiger partial charge in [-0.25, -0.2) is 0 Å². The number of amides is 2. The molecule has 0 saturated carbocycles. The number of hydrogen-bond acceptors (Lipinski definition) is 3. The van der Waals surface area contributed by atoms with Crippen LogP contribution in [0.4, 0.5) is 0 Å². The van der Waals surface area contributed by atoms with Crippen molar-refractivity contribution in [2.75, 3.05) is 27.2 Å². The highest BCUT2D eigenvalue weighted by Crippen LogP contribution is 2.06. The minimum Gasteiger partial charge on any atom is -0.359 e. The maximum atomic E-state index is 11.7. The molecular formula is C18H37N3O2. The molecule has 0 aliphatic rings. The van der Waals surface area contributed by atoms with E-state index in [1.165, 1.54) is 19.3 Å². The summed E-state index contributed by atoms with van der Waals surface area (Å²) in [5.74, 6) is 0.319. The van der Waals surface area contributed by atoms with Gasteiger partial charge in [-0.2, -0.15) is 0 Å². The average molecular weight is 328 g/mol. The van der Waals surface area contributed by atoms with Gasteiger partial charge < -0.3 is 16.0 Å². The van der Waals surface area contributed by atoms with Crippen LogP contribution in [0.25, 0.3) is 0 Å². The van der Waals surface area contributed by atoms with E-state index in [-0.39, 0.29) is 11.8 Å². The molecule has 0 heterocycles. The number of carbonyl (C=O) groups excluding carboxylic acids is 2. The zero-order chi connectivity index (χ0) is 17.2. The van der Waals surface area contributed by atoms with Crippen LogP contribution in [0.15, 0.2) is 0 Å². The Hall–Kier alpha value is -1.10. The van der Waals surface area contributed by atoms with Gasteiger partial charge in [-0.1, -0.05) is 38.5 Å². The second-order valence-electron chi connectivity index (χ2n) is 6.16. The summed E-state index contributed by atoms with van der Waals surface area (Å²) in [6.07, 6.45) is 12.5. The molecule has 136 valence electrons. The molecule has 0 fully saturated rings. The van der Waals surface area contributed by atoms with Crippen LogP contribution in [0.5, 0.6) is 0 Å². The van der Waals surface area contributed by atoms with Crippen LogP contribution in [0.2, 0.25) is 0 Å². The Balaban J connectivity index is 3.20. The lowest BCUT2D eigenvalue weighted by Crippen LogP contribution is -2.23. The van der Waals surface area contributed by atoms with Gasteiger partial charge in [0.2, 0.25) is 11.8 Å². The maximum Gasteiger partial charge on any atom is 0.219 e. The predicted octanol–water partition coefficient (Wildman–Crippen LogP) is 2.75. The van der Waals surface area contributed by atoms with Gasteiger partial charge in [-0.05, 0) is 39.3 Å². The summed E-state index contributed by atoms with van der Waals surface area (Å²) < 4.78 is 0. The molecule has 5 nitrogen and oxygen atoms in total. The molecule has 0 aliphatic heterocycles. The van der Waals surface area contributed by atoms with E-state index in [1.54, 1.807) is 7.05 Å². The van der Waals surface area contributed by atoms with E-state index in [4.69, 9.17) is 0 Å². The highest BCUT2D eigenvalue weighted by molar-refractivity contribution is 5.75. The topological polar surface area (TPSA) is 70.2 Å². The summed E-state index contributed by atoms with van der Waals surface area (Å²) in [7, 11) is 3.66. The summed E-state index contributed by atoms with van der Waals surface area (Å²) in [5, 5.41) is 8.78. The number of carbonyl (C=O) groups is 2. The van der Waals surface area contributed by atoms with Crippen molar-refractivity contribution in [2.45, 2.75) is 77.0 Å². The standard InChI is InChI=1S/C18H37N3O2/c1-19-15-11-7-3-6-10-14-18(23)21-16-12-8-4-5-9-13-17(22)20-2/h19H,3-16H2,1-2H3,(H,20,22)(H,21,23). The summed E-state index contributed by atoms with van der Waals surface area (Å²) in [6.45, 7) is 1.88. The monoisotopic (exact) mass is 327 g/mol. The normalized spacial score (nSPS) is 10.5. The van der Waals surface area contributed by atoms with Crippen LogP contribution in [0, 0.1) is 0 Å². The van der Waals surface area contributed by atoms with E-state index in [1.807, 2.05) is 7.05 Å².